The fraction of sp³-hybridized carbons (Fsp3) is 0.381. The van der Waals surface area contributed by atoms with E-state index in [0.717, 1.165) is 11.6 Å². The number of aliphatic imine (C=N–C) groups is 1. The van der Waals surface area contributed by atoms with E-state index in [-0.39, 0.29) is 41.8 Å². The van der Waals surface area contributed by atoms with E-state index < -0.39 is 11.7 Å². The van der Waals surface area contributed by atoms with Gasteiger partial charge in [-0.2, -0.15) is 13.2 Å². The molecule has 0 radical (unpaired) electrons. The zero-order chi connectivity index (χ0) is 23.0. The van der Waals surface area contributed by atoms with E-state index >= 15 is 0 Å². The first kappa shape index (κ1) is 27.5. The second-order valence-corrected chi connectivity index (χ2v) is 6.33. The summed E-state index contributed by atoms with van der Waals surface area (Å²) in [6.07, 6.45) is -4.50. The van der Waals surface area contributed by atoms with Crippen molar-refractivity contribution in [3.8, 4) is 23.0 Å². The zero-order valence-corrected chi connectivity index (χ0v) is 20.8. The molecule has 0 aliphatic rings. The topological polar surface area (TPSA) is 73.3 Å². The minimum atomic E-state index is -4.50. The van der Waals surface area contributed by atoms with Gasteiger partial charge in [-0.25, -0.2) is 0 Å². The Morgan fingerprint density at radius 1 is 0.875 bits per heavy atom. The summed E-state index contributed by atoms with van der Waals surface area (Å²) in [6.45, 7) is 0.249. The van der Waals surface area contributed by atoms with Crippen LogP contribution in [0, 0.1) is 0 Å². The minimum Gasteiger partial charge on any atom is -0.497 e. The van der Waals surface area contributed by atoms with Gasteiger partial charge < -0.3 is 29.6 Å². The second kappa shape index (κ2) is 12.5. The van der Waals surface area contributed by atoms with E-state index in [9.17, 15) is 13.2 Å². The van der Waals surface area contributed by atoms with Crippen LogP contribution in [0.1, 0.15) is 16.7 Å². The van der Waals surface area contributed by atoms with Crippen molar-refractivity contribution in [2.75, 3.05) is 35.5 Å². The fourth-order valence-electron chi connectivity index (χ4n) is 2.92. The Morgan fingerprint density at radius 2 is 1.47 bits per heavy atom. The van der Waals surface area contributed by atoms with Crippen molar-refractivity contribution < 1.29 is 32.1 Å². The van der Waals surface area contributed by atoms with Crippen LogP contribution in [0.2, 0.25) is 0 Å². The van der Waals surface area contributed by atoms with Crippen molar-refractivity contribution in [2.45, 2.75) is 19.3 Å². The number of halogens is 4. The van der Waals surface area contributed by atoms with Crippen LogP contribution in [-0.2, 0) is 19.3 Å². The molecule has 0 fully saturated rings. The van der Waals surface area contributed by atoms with Gasteiger partial charge in [0.2, 0.25) is 5.75 Å². The first-order valence-corrected chi connectivity index (χ1v) is 9.24. The molecule has 0 aliphatic carbocycles. The smallest absolute Gasteiger partial charge is 0.416 e. The Kier molecular flexibility index (Phi) is 10.7. The van der Waals surface area contributed by atoms with Crippen molar-refractivity contribution in [3.63, 3.8) is 0 Å². The third-order valence-corrected chi connectivity index (χ3v) is 4.48. The fourth-order valence-corrected chi connectivity index (χ4v) is 2.92. The van der Waals surface area contributed by atoms with Crippen LogP contribution in [0.3, 0.4) is 0 Å². The van der Waals surface area contributed by atoms with Crippen LogP contribution in [0.15, 0.2) is 35.3 Å². The number of ether oxygens (including phenoxy) is 4. The minimum absolute atomic E-state index is 0. The van der Waals surface area contributed by atoms with Gasteiger partial charge in [0.15, 0.2) is 17.5 Å². The van der Waals surface area contributed by atoms with Crippen molar-refractivity contribution in [1.29, 1.82) is 0 Å². The van der Waals surface area contributed by atoms with E-state index in [0.29, 0.717) is 29.8 Å². The molecule has 0 aliphatic heterocycles. The summed E-state index contributed by atoms with van der Waals surface area (Å²) in [5.74, 6) is 1.93. The standard InChI is InChI=1S/C21H26F3N3O4.HI/c1-25-20(26-11-13-8-17(29-3)19(31-5)18(9-13)30-4)27-12-14-6-7-15(28-2)10-16(14)21(22,23)24;/h6-10H,11-12H2,1-5H3,(H2,25,26,27);1H. The van der Waals surface area contributed by atoms with Crippen LogP contribution in [0.25, 0.3) is 0 Å². The quantitative estimate of drug-likeness (QED) is 0.282. The van der Waals surface area contributed by atoms with Gasteiger partial charge in [-0.05, 0) is 35.4 Å². The predicted molar refractivity (Wildman–Crippen MR) is 127 cm³/mol. The lowest BCUT2D eigenvalue weighted by atomic mass is 10.1. The molecule has 0 atom stereocenters. The Balaban J connectivity index is 0.00000512. The summed E-state index contributed by atoms with van der Waals surface area (Å²) in [4.78, 5) is 4.06. The van der Waals surface area contributed by atoms with E-state index in [4.69, 9.17) is 18.9 Å². The summed E-state index contributed by atoms with van der Waals surface area (Å²) in [5.41, 5.74) is 0.112. The molecule has 0 unspecified atom stereocenters. The number of rotatable bonds is 8. The Hall–Kier alpha value is -2.57. The Bertz CT molecular complexity index is 899. The summed E-state index contributed by atoms with van der Waals surface area (Å²) >= 11 is 0. The van der Waals surface area contributed by atoms with E-state index in [1.807, 2.05) is 0 Å². The summed E-state index contributed by atoms with van der Waals surface area (Å²) in [7, 11) is 7.40. The van der Waals surface area contributed by atoms with Crippen molar-refractivity contribution in [2.24, 2.45) is 4.99 Å². The highest BCUT2D eigenvalue weighted by Gasteiger charge is 2.33. The summed E-state index contributed by atoms with van der Waals surface area (Å²) in [5, 5.41) is 5.95. The van der Waals surface area contributed by atoms with Gasteiger partial charge in [0.1, 0.15) is 5.75 Å². The molecule has 0 bridgehead atoms. The maximum Gasteiger partial charge on any atom is 0.416 e. The monoisotopic (exact) mass is 569 g/mol. The Morgan fingerprint density at radius 3 is 1.94 bits per heavy atom. The number of benzene rings is 2. The zero-order valence-electron chi connectivity index (χ0n) is 18.4. The predicted octanol–water partition coefficient (Wildman–Crippen LogP) is 4.22. The molecular formula is C21H27F3IN3O4. The molecule has 0 aromatic heterocycles. The lowest BCUT2D eigenvalue weighted by molar-refractivity contribution is -0.138. The van der Waals surface area contributed by atoms with Crippen LogP contribution in [0.4, 0.5) is 13.2 Å². The lowest BCUT2D eigenvalue weighted by Gasteiger charge is -2.17. The molecule has 11 heteroatoms. The van der Waals surface area contributed by atoms with Gasteiger partial charge in [0, 0.05) is 20.1 Å². The number of guanidine groups is 1. The molecular weight excluding hydrogens is 542 g/mol. The first-order chi connectivity index (χ1) is 14.8. The highest BCUT2D eigenvalue weighted by Crippen LogP contribution is 2.38. The molecule has 2 aromatic rings. The average molecular weight is 569 g/mol. The van der Waals surface area contributed by atoms with Crippen molar-refractivity contribution in [3.05, 3.63) is 47.0 Å². The molecule has 0 spiro atoms. The SMILES string of the molecule is CN=C(NCc1cc(OC)c(OC)c(OC)c1)NCc1ccc(OC)cc1C(F)(F)F.I. The van der Waals surface area contributed by atoms with Crippen LogP contribution in [-0.4, -0.2) is 41.4 Å². The molecule has 178 valence electrons. The number of nitrogens with one attached hydrogen (secondary N) is 2. The molecule has 32 heavy (non-hydrogen) atoms. The van der Waals surface area contributed by atoms with Gasteiger partial charge in [-0.1, -0.05) is 6.07 Å². The third-order valence-electron chi connectivity index (χ3n) is 4.48. The number of hydrogen-bond donors (Lipinski definition) is 2. The number of hydrogen-bond acceptors (Lipinski definition) is 5. The van der Waals surface area contributed by atoms with Gasteiger partial charge in [-0.3, -0.25) is 4.99 Å². The summed E-state index contributed by atoms with van der Waals surface area (Å²) < 4.78 is 61.0. The number of alkyl halides is 3. The van der Waals surface area contributed by atoms with Crippen molar-refractivity contribution >= 4 is 29.9 Å². The van der Waals surface area contributed by atoms with Gasteiger partial charge in [0.25, 0.3) is 0 Å². The first-order valence-electron chi connectivity index (χ1n) is 9.24. The highest BCUT2D eigenvalue weighted by atomic mass is 127. The van der Waals surface area contributed by atoms with E-state index in [2.05, 4.69) is 15.6 Å². The largest absolute Gasteiger partial charge is 0.497 e. The maximum atomic E-state index is 13.4. The Labute approximate surface area is 202 Å². The molecule has 0 saturated heterocycles. The third kappa shape index (κ3) is 6.97. The van der Waals surface area contributed by atoms with Gasteiger partial charge in [0.05, 0.1) is 34.0 Å². The molecule has 7 nitrogen and oxygen atoms in total. The normalized spacial score (nSPS) is 11.3. The molecule has 0 heterocycles. The van der Waals surface area contributed by atoms with E-state index in [1.165, 1.54) is 47.6 Å². The lowest BCUT2D eigenvalue weighted by Crippen LogP contribution is -2.36. The molecule has 2 N–H and O–H groups in total. The number of nitrogens with zero attached hydrogens (tertiary/aromatic N) is 1. The molecule has 2 rings (SSSR count). The molecule has 2 aromatic carbocycles. The second-order valence-electron chi connectivity index (χ2n) is 6.33. The highest BCUT2D eigenvalue weighted by molar-refractivity contribution is 14.0. The summed E-state index contributed by atoms with van der Waals surface area (Å²) in [6, 6.07) is 7.38. The van der Waals surface area contributed by atoms with Crippen LogP contribution < -0.4 is 29.6 Å². The van der Waals surface area contributed by atoms with Gasteiger partial charge in [-0.15, -0.1) is 24.0 Å². The van der Waals surface area contributed by atoms with Crippen molar-refractivity contribution in [1.82, 2.24) is 10.6 Å². The molecule has 0 saturated carbocycles. The average Bonchev–Trinajstić information content (AvgIpc) is 2.77. The van der Waals surface area contributed by atoms with Gasteiger partial charge >= 0.3 is 6.18 Å². The maximum absolute atomic E-state index is 13.4. The van der Waals surface area contributed by atoms with Crippen LogP contribution in [0.5, 0.6) is 23.0 Å². The van der Waals surface area contributed by atoms with E-state index in [1.54, 1.807) is 12.1 Å². The number of methoxy groups -OCH3 is 4. The molecule has 0 amide bonds. The van der Waals surface area contributed by atoms with Crippen LogP contribution >= 0.6 is 24.0 Å².